The van der Waals surface area contributed by atoms with Gasteiger partial charge in [0.2, 0.25) is 0 Å². The summed E-state index contributed by atoms with van der Waals surface area (Å²) in [6.07, 6.45) is 3.10. The smallest absolute Gasteiger partial charge is 0.0922 e. The molecule has 1 aromatic carbocycles. The van der Waals surface area contributed by atoms with Crippen LogP contribution in [0.15, 0.2) is 27.1 Å². The van der Waals surface area contributed by atoms with Gasteiger partial charge in [0, 0.05) is 8.95 Å². The third-order valence-corrected chi connectivity index (χ3v) is 4.29. The lowest BCUT2D eigenvalue weighted by Gasteiger charge is -2.28. The maximum absolute atomic E-state index is 10.6. The second-order valence-corrected chi connectivity index (χ2v) is 6.21. The van der Waals surface area contributed by atoms with E-state index in [1.807, 2.05) is 18.2 Å². The minimum atomic E-state index is -0.633. The van der Waals surface area contributed by atoms with Crippen LogP contribution in [0.5, 0.6) is 0 Å². The van der Waals surface area contributed by atoms with Gasteiger partial charge in [-0.3, -0.25) is 0 Å². The zero-order valence-electron chi connectivity index (χ0n) is 8.63. The van der Waals surface area contributed by atoms with Crippen molar-refractivity contribution in [2.75, 3.05) is 0 Å². The van der Waals surface area contributed by atoms with Crippen LogP contribution in [0.2, 0.25) is 0 Å². The van der Waals surface area contributed by atoms with E-state index < -0.39 is 5.60 Å². The summed E-state index contributed by atoms with van der Waals surface area (Å²) in [7, 11) is 0. The quantitative estimate of drug-likeness (QED) is 0.815. The molecule has 1 aliphatic carbocycles. The van der Waals surface area contributed by atoms with Gasteiger partial charge in [0.05, 0.1) is 5.60 Å². The van der Waals surface area contributed by atoms with Crippen LogP contribution >= 0.6 is 31.9 Å². The Morgan fingerprint density at radius 2 is 1.87 bits per heavy atom. The third-order valence-electron chi connectivity index (χ3n) is 3.37. The average Bonchev–Trinajstić information content (AvgIpc) is 2.47. The van der Waals surface area contributed by atoms with E-state index in [0.29, 0.717) is 5.92 Å². The fourth-order valence-corrected chi connectivity index (χ4v) is 3.69. The lowest BCUT2D eigenvalue weighted by molar-refractivity contribution is 0.00438. The van der Waals surface area contributed by atoms with Crippen LogP contribution in [0.25, 0.3) is 0 Å². The number of halogens is 2. The average molecular weight is 334 g/mol. The summed E-state index contributed by atoms with van der Waals surface area (Å²) in [5.41, 5.74) is 0.389. The number of aliphatic hydroxyl groups is 1. The van der Waals surface area contributed by atoms with Crippen LogP contribution in [0.1, 0.15) is 31.7 Å². The molecule has 1 nitrogen and oxygen atoms in total. The van der Waals surface area contributed by atoms with Gasteiger partial charge in [0.25, 0.3) is 0 Å². The normalized spacial score (nSPS) is 30.8. The first kappa shape index (κ1) is 11.6. The Labute approximate surface area is 107 Å². The molecule has 1 saturated carbocycles. The molecule has 15 heavy (non-hydrogen) atoms. The molecule has 82 valence electrons. The summed E-state index contributed by atoms with van der Waals surface area (Å²) in [6, 6.07) is 6.03. The number of benzene rings is 1. The molecule has 0 aromatic heterocycles. The van der Waals surface area contributed by atoms with Crippen molar-refractivity contribution in [2.24, 2.45) is 5.92 Å². The highest BCUT2D eigenvalue weighted by molar-refractivity contribution is 9.11. The minimum Gasteiger partial charge on any atom is -0.385 e. The third kappa shape index (κ3) is 2.15. The van der Waals surface area contributed by atoms with Crippen molar-refractivity contribution in [1.82, 2.24) is 0 Å². The van der Waals surface area contributed by atoms with Crippen molar-refractivity contribution >= 4 is 31.9 Å². The zero-order valence-corrected chi connectivity index (χ0v) is 11.8. The minimum absolute atomic E-state index is 0.346. The number of hydrogen-bond donors (Lipinski definition) is 1. The molecule has 3 heteroatoms. The Morgan fingerprint density at radius 3 is 2.33 bits per heavy atom. The number of rotatable bonds is 1. The van der Waals surface area contributed by atoms with Crippen molar-refractivity contribution in [1.29, 1.82) is 0 Å². The Morgan fingerprint density at radius 1 is 1.27 bits per heavy atom. The highest BCUT2D eigenvalue weighted by Crippen LogP contribution is 2.44. The molecule has 0 saturated heterocycles. The first-order valence-corrected chi connectivity index (χ1v) is 6.80. The Balaban J connectivity index is 2.44. The molecule has 0 amide bonds. The van der Waals surface area contributed by atoms with E-state index in [4.69, 9.17) is 0 Å². The molecule has 1 N–H and O–H groups in total. The lowest BCUT2D eigenvalue weighted by Crippen LogP contribution is -2.28. The Bertz CT molecular complexity index is 358. The van der Waals surface area contributed by atoms with E-state index in [1.54, 1.807) is 0 Å². The summed E-state index contributed by atoms with van der Waals surface area (Å²) in [5.74, 6) is 0.346. The van der Waals surface area contributed by atoms with Gasteiger partial charge < -0.3 is 5.11 Å². The fraction of sp³-hybridized carbons (Fsp3) is 0.500. The molecule has 0 heterocycles. The maximum Gasteiger partial charge on any atom is 0.0922 e. The van der Waals surface area contributed by atoms with Crippen LogP contribution in [-0.4, -0.2) is 5.11 Å². The van der Waals surface area contributed by atoms with Crippen molar-refractivity contribution in [3.63, 3.8) is 0 Å². The molecule has 1 aliphatic rings. The molecule has 0 aliphatic heterocycles. The monoisotopic (exact) mass is 332 g/mol. The van der Waals surface area contributed by atoms with E-state index in [2.05, 4.69) is 38.8 Å². The van der Waals surface area contributed by atoms with Gasteiger partial charge in [-0.05, 0) is 48.9 Å². The van der Waals surface area contributed by atoms with E-state index >= 15 is 0 Å². The summed E-state index contributed by atoms with van der Waals surface area (Å²) in [5, 5.41) is 10.6. The fourth-order valence-electron chi connectivity index (χ4n) is 2.40. The van der Waals surface area contributed by atoms with E-state index in [0.717, 1.165) is 33.8 Å². The predicted molar refractivity (Wildman–Crippen MR) is 68.8 cm³/mol. The lowest BCUT2D eigenvalue weighted by atomic mass is 9.85. The van der Waals surface area contributed by atoms with Crippen molar-refractivity contribution in [3.8, 4) is 0 Å². The summed E-state index contributed by atoms with van der Waals surface area (Å²) in [4.78, 5) is 0. The van der Waals surface area contributed by atoms with Gasteiger partial charge in [-0.15, -0.1) is 0 Å². The second kappa shape index (κ2) is 4.19. The standard InChI is InChI=1S/C12H14Br2O/c1-8-3-2-4-12(8,15)9-5-10(13)7-11(14)6-9/h5-8,15H,2-4H2,1H3. The number of hydrogen-bond acceptors (Lipinski definition) is 1. The molecule has 0 spiro atoms. The highest BCUT2D eigenvalue weighted by atomic mass is 79.9. The molecular formula is C12H14Br2O. The van der Waals surface area contributed by atoms with Gasteiger partial charge in [-0.1, -0.05) is 38.8 Å². The first-order valence-electron chi connectivity index (χ1n) is 5.21. The maximum atomic E-state index is 10.6. The van der Waals surface area contributed by atoms with Gasteiger partial charge in [0.1, 0.15) is 0 Å². The Hall–Kier alpha value is 0.140. The molecule has 0 radical (unpaired) electrons. The second-order valence-electron chi connectivity index (χ2n) is 4.38. The van der Waals surface area contributed by atoms with Gasteiger partial charge in [-0.2, -0.15) is 0 Å². The summed E-state index contributed by atoms with van der Waals surface area (Å²) in [6.45, 7) is 2.13. The first-order chi connectivity index (χ1) is 7.02. The molecule has 2 unspecified atom stereocenters. The van der Waals surface area contributed by atoms with Crippen LogP contribution in [0, 0.1) is 5.92 Å². The molecule has 2 rings (SSSR count). The molecule has 1 fully saturated rings. The largest absolute Gasteiger partial charge is 0.385 e. The summed E-state index contributed by atoms with van der Waals surface area (Å²) < 4.78 is 2.03. The molecule has 2 atom stereocenters. The van der Waals surface area contributed by atoms with E-state index in [9.17, 15) is 5.11 Å². The topological polar surface area (TPSA) is 20.2 Å². The summed E-state index contributed by atoms with van der Waals surface area (Å²) >= 11 is 6.93. The van der Waals surface area contributed by atoms with Crippen molar-refractivity contribution in [3.05, 3.63) is 32.7 Å². The van der Waals surface area contributed by atoms with Crippen LogP contribution in [0.3, 0.4) is 0 Å². The van der Waals surface area contributed by atoms with Gasteiger partial charge in [-0.25, -0.2) is 0 Å². The molecular weight excluding hydrogens is 320 g/mol. The van der Waals surface area contributed by atoms with Crippen molar-refractivity contribution in [2.45, 2.75) is 31.8 Å². The predicted octanol–water partition coefficient (Wildman–Crippen LogP) is 4.22. The van der Waals surface area contributed by atoms with Crippen LogP contribution in [0.4, 0.5) is 0 Å². The molecule has 1 aromatic rings. The van der Waals surface area contributed by atoms with E-state index in [1.165, 1.54) is 0 Å². The van der Waals surface area contributed by atoms with Gasteiger partial charge in [0.15, 0.2) is 0 Å². The Kier molecular flexibility index (Phi) is 3.25. The molecule has 0 bridgehead atoms. The van der Waals surface area contributed by atoms with Crippen LogP contribution < -0.4 is 0 Å². The van der Waals surface area contributed by atoms with Crippen LogP contribution in [-0.2, 0) is 5.60 Å². The van der Waals surface area contributed by atoms with E-state index in [-0.39, 0.29) is 0 Å². The highest BCUT2D eigenvalue weighted by Gasteiger charge is 2.39. The van der Waals surface area contributed by atoms with Gasteiger partial charge >= 0.3 is 0 Å². The van der Waals surface area contributed by atoms with Crippen molar-refractivity contribution < 1.29 is 5.11 Å². The SMILES string of the molecule is CC1CCCC1(O)c1cc(Br)cc(Br)c1. The zero-order chi connectivity index (χ0) is 11.1.